The predicted molar refractivity (Wildman–Crippen MR) is 73.6 cm³/mol. The number of rotatable bonds is 4. The summed E-state index contributed by atoms with van der Waals surface area (Å²) in [5.41, 5.74) is -0.314. The number of nitrogens with zero attached hydrogens (tertiary/aromatic N) is 2. The first-order valence-electron chi connectivity index (χ1n) is 6.37. The number of non-ortho nitro benzene ring substituents is 1. The molecule has 1 aliphatic rings. The highest BCUT2D eigenvalue weighted by Gasteiger charge is 2.32. The van der Waals surface area contributed by atoms with Gasteiger partial charge in [-0.15, -0.1) is 0 Å². The number of hydrogen-bond acceptors (Lipinski definition) is 6. The fraction of sp³-hybridized carbons (Fsp3) is 0.500. The van der Waals surface area contributed by atoms with E-state index >= 15 is 0 Å². The van der Waals surface area contributed by atoms with Crippen LogP contribution in [0.15, 0.2) is 23.1 Å². The molecule has 1 N–H and O–H groups in total. The number of nitro groups is 1. The predicted octanol–water partition coefficient (Wildman–Crippen LogP) is 0.749. The lowest BCUT2D eigenvalue weighted by molar-refractivity contribution is -0.385. The Kier molecular flexibility index (Phi) is 4.45. The minimum Gasteiger partial charge on any atom is -0.495 e. The molecule has 116 valence electrons. The van der Waals surface area contributed by atoms with Crippen LogP contribution in [0, 0.1) is 10.1 Å². The Morgan fingerprint density at radius 1 is 1.38 bits per heavy atom. The molecule has 0 atom stereocenters. The van der Waals surface area contributed by atoms with E-state index in [0.29, 0.717) is 12.8 Å². The van der Waals surface area contributed by atoms with Gasteiger partial charge in [0.05, 0.1) is 18.1 Å². The Hall–Kier alpha value is -1.71. The number of piperidine rings is 1. The molecule has 9 heteroatoms. The Bertz CT molecular complexity index is 637. The van der Waals surface area contributed by atoms with Crippen LogP contribution >= 0.6 is 0 Å². The summed E-state index contributed by atoms with van der Waals surface area (Å²) < 4.78 is 31.4. The molecular weight excluding hydrogens is 300 g/mol. The summed E-state index contributed by atoms with van der Waals surface area (Å²) in [7, 11) is -2.59. The number of sulfonamides is 1. The van der Waals surface area contributed by atoms with Crippen molar-refractivity contribution in [1.29, 1.82) is 0 Å². The molecule has 0 bridgehead atoms. The fourth-order valence-electron chi connectivity index (χ4n) is 2.20. The molecule has 1 aliphatic heterocycles. The topological polar surface area (TPSA) is 110 Å². The van der Waals surface area contributed by atoms with E-state index in [4.69, 9.17) is 4.74 Å². The van der Waals surface area contributed by atoms with E-state index < -0.39 is 21.1 Å². The zero-order valence-corrected chi connectivity index (χ0v) is 12.2. The minimum atomic E-state index is -3.89. The summed E-state index contributed by atoms with van der Waals surface area (Å²) in [6, 6.07) is 3.46. The third kappa shape index (κ3) is 3.14. The van der Waals surface area contributed by atoms with E-state index in [9.17, 15) is 23.6 Å². The van der Waals surface area contributed by atoms with Crippen LogP contribution in [0.1, 0.15) is 12.8 Å². The van der Waals surface area contributed by atoms with Gasteiger partial charge < -0.3 is 9.84 Å². The molecule has 1 heterocycles. The number of aliphatic hydroxyl groups is 1. The highest BCUT2D eigenvalue weighted by molar-refractivity contribution is 7.89. The standard InChI is InChI=1S/C12H16N2O6S/c1-20-11-3-2-9(14(16)17)8-12(11)21(18,19)13-6-4-10(15)5-7-13/h2-3,8,10,15H,4-7H2,1H3. The van der Waals surface area contributed by atoms with Gasteiger partial charge in [0.1, 0.15) is 10.6 Å². The zero-order chi connectivity index (χ0) is 15.6. The smallest absolute Gasteiger partial charge is 0.271 e. The third-order valence-electron chi connectivity index (χ3n) is 3.40. The molecule has 2 rings (SSSR count). The first kappa shape index (κ1) is 15.7. The normalized spacial score (nSPS) is 17.6. The Morgan fingerprint density at radius 2 is 2.00 bits per heavy atom. The first-order chi connectivity index (χ1) is 9.86. The maximum atomic E-state index is 12.6. The SMILES string of the molecule is COc1ccc([N+](=O)[O-])cc1S(=O)(=O)N1CCC(O)CC1. The maximum Gasteiger partial charge on any atom is 0.271 e. The zero-order valence-electron chi connectivity index (χ0n) is 11.4. The van der Waals surface area contributed by atoms with E-state index in [1.54, 1.807) is 0 Å². The minimum absolute atomic E-state index is 0.0618. The number of ether oxygens (including phenoxy) is 1. The van der Waals surface area contributed by atoms with Crippen molar-refractivity contribution in [3.8, 4) is 5.75 Å². The number of hydrogen-bond donors (Lipinski definition) is 1. The van der Waals surface area contributed by atoms with E-state index in [0.717, 1.165) is 6.07 Å². The van der Waals surface area contributed by atoms with E-state index in [2.05, 4.69) is 0 Å². The van der Waals surface area contributed by atoms with Crippen LogP contribution in [0.25, 0.3) is 0 Å². The van der Waals surface area contributed by atoms with Gasteiger partial charge in [-0.3, -0.25) is 10.1 Å². The van der Waals surface area contributed by atoms with Gasteiger partial charge in [-0.1, -0.05) is 0 Å². The van der Waals surface area contributed by atoms with Crippen molar-refractivity contribution < 1.29 is 23.2 Å². The average molecular weight is 316 g/mol. The van der Waals surface area contributed by atoms with Crippen LogP contribution in [0.2, 0.25) is 0 Å². The molecule has 8 nitrogen and oxygen atoms in total. The molecule has 0 amide bonds. The number of methoxy groups -OCH3 is 1. The second-order valence-electron chi connectivity index (χ2n) is 4.73. The van der Waals surface area contributed by atoms with Crippen molar-refractivity contribution in [2.45, 2.75) is 23.8 Å². The lowest BCUT2D eigenvalue weighted by Crippen LogP contribution is -2.40. The van der Waals surface area contributed by atoms with Crippen LogP contribution in [0.3, 0.4) is 0 Å². The molecular formula is C12H16N2O6S. The molecule has 0 unspecified atom stereocenters. The maximum absolute atomic E-state index is 12.6. The average Bonchev–Trinajstić information content (AvgIpc) is 2.46. The van der Waals surface area contributed by atoms with Crippen molar-refractivity contribution in [1.82, 2.24) is 4.31 Å². The van der Waals surface area contributed by atoms with Gasteiger partial charge in [0.25, 0.3) is 5.69 Å². The quantitative estimate of drug-likeness (QED) is 0.648. The Balaban J connectivity index is 2.43. The highest BCUT2D eigenvalue weighted by Crippen LogP contribution is 2.31. The summed E-state index contributed by atoms with van der Waals surface area (Å²) in [4.78, 5) is 9.94. The molecule has 0 aliphatic carbocycles. The van der Waals surface area contributed by atoms with Crippen molar-refractivity contribution in [2.24, 2.45) is 0 Å². The number of benzene rings is 1. The Morgan fingerprint density at radius 3 is 2.52 bits per heavy atom. The van der Waals surface area contributed by atoms with Crippen LogP contribution in [0.4, 0.5) is 5.69 Å². The van der Waals surface area contributed by atoms with Crippen LogP contribution in [0.5, 0.6) is 5.75 Å². The van der Waals surface area contributed by atoms with E-state index in [1.807, 2.05) is 0 Å². The Labute approximate surface area is 122 Å². The van der Waals surface area contributed by atoms with Gasteiger partial charge in [0.15, 0.2) is 0 Å². The van der Waals surface area contributed by atoms with Gasteiger partial charge in [-0.05, 0) is 18.9 Å². The van der Waals surface area contributed by atoms with Gasteiger partial charge in [-0.2, -0.15) is 4.31 Å². The fourth-order valence-corrected chi connectivity index (χ4v) is 3.85. The van der Waals surface area contributed by atoms with Crippen molar-refractivity contribution >= 4 is 15.7 Å². The van der Waals surface area contributed by atoms with Gasteiger partial charge in [0, 0.05) is 25.2 Å². The number of aliphatic hydroxyl groups excluding tert-OH is 1. The largest absolute Gasteiger partial charge is 0.495 e. The second kappa shape index (κ2) is 5.96. The van der Waals surface area contributed by atoms with Gasteiger partial charge in [0.2, 0.25) is 10.0 Å². The molecule has 1 aromatic carbocycles. The molecule has 0 saturated carbocycles. The van der Waals surface area contributed by atoms with Crippen LogP contribution in [-0.4, -0.2) is 49.1 Å². The van der Waals surface area contributed by atoms with E-state index in [-0.39, 0.29) is 29.4 Å². The summed E-state index contributed by atoms with van der Waals surface area (Å²) >= 11 is 0. The summed E-state index contributed by atoms with van der Waals surface area (Å²) in [5.74, 6) is 0.0618. The third-order valence-corrected chi connectivity index (χ3v) is 5.32. The monoisotopic (exact) mass is 316 g/mol. The first-order valence-corrected chi connectivity index (χ1v) is 7.81. The lowest BCUT2D eigenvalue weighted by atomic mass is 10.1. The highest BCUT2D eigenvalue weighted by atomic mass is 32.2. The molecule has 1 fully saturated rings. The van der Waals surface area contributed by atoms with Gasteiger partial charge >= 0.3 is 0 Å². The van der Waals surface area contributed by atoms with Crippen molar-refractivity contribution in [3.63, 3.8) is 0 Å². The van der Waals surface area contributed by atoms with Crippen LogP contribution in [-0.2, 0) is 10.0 Å². The molecule has 0 spiro atoms. The van der Waals surface area contributed by atoms with Crippen LogP contribution < -0.4 is 4.74 Å². The van der Waals surface area contributed by atoms with E-state index in [1.165, 1.54) is 23.5 Å². The molecule has 1 saturated heterocycles. The second-order valence-corrected chi connectivity index (χ2v) is 6.63. The molecule has 0 radical (unpaired) electrons. The summed E-state index contributed by atoms with van der Waals surface area (Å²) in [6.07, 6.45) is 0.177. The summed E-state index contributed by atoms with van der Waals surface area (Å²) in [5, 5.41) is 20.3. The van der Waals surface area contributed by atoms with Crippen molar-refractivity contribution in [2.75, 3.05) is 20.2 Å². The number of nitro benzene ring substituents is 1. The van der Waals surface area contributed by atoms with Crippen molar-refractivity contribution in [3.05, 3.63) is 28.3 Å². The summed E-state index contributed by atoms with van der Waals surface area (Å²) in [6.45, 7) is 0.352. The molecule has 21 heavy (non-hydrogen) atoms. The lowest BCUT2D eigenvalue weighted by Gasteiger charge is -2.29. The molecule has 1 aromatic rings. The molecule has 0 aromatic heterocycles. The van der Waals surface area contributed by atoms with Gasteiger partial charge in [-0.25, -0.2) is 8.42 Å².